The number of amides is 2. The van der Waals surface area contributed by atoms with Gasteiger partial charge >= 0.3 is 5.97 Å². The van der Waals surface area contributed by atoms with Crippen LogP contribution in [0.15, 0.2) is 34.9 Å². The van der Waals surface area contributed by atoms with E-state index in [4.69, 9.17) is 18.6 Å². The highest BCUT2D eigenvalue weighted by Crippen LogP contribution is 2.34. The van der Waals surface area contributed by atoms with Crippen LogP contribution in [0.5, 0.6) is 11.5 Å². The first-order chi connectivity index (χ1) is 13.8. The summed E-state index contributed by atoms with van der Waals surface area (Å²) >= 11 is 0. The smallest absolute Gasteiger partial charge is 0.340 e. The number of carbonyl (C=O) groups is 3. The van der Waals surface area contributed by atoms with Gasteiger partial charge in [0.15, 0.2) is 23.9 Å². The molecule has 0 atom stereocenters. The van der Waals surface area contributed by atoms with E-state index in [0.717, 1.165) is 0 Å². The quantitative estimate of drug-likeness (QED) is 0.674. The first kappa shape index (κ1) is 21.8. The second-order valence-electron chi connectivity index (χ2n) is 6.36. The molecule has 2 aromatic rings. The molecule has 0 saturated carbocycles. The molecule has 2 amide bonds. The van der Waals surface area contributed by atoms with Gasteiger partial charge in [0.25, 0.3) is 11.8 Å². The second-order valence-corrected chi connectivity index (χ2v) is 6.36. The summed E-state index contributed by atoms with van der Waals surface area (Å²) in [5.41, 5.74) is 0.126. The fourth-order valence-corrected chi connectivity index (χ4v) is 2.34. The maximum Gasteiger partial charge on any atom is 0.340 e. The summed E-state index contributed by atoms with van der Waals surface area (Å²) in [5, 5.41) is 2.58. The molecule has 0 unspecified atom stereocenters. The third-order valence-electron chi connectivity index (χ3n) is 4.23. The van der Waals surface area contributed by atoms with Gasteiger partial charge in [0.1, 0.15) is 0 Å². The Morgan fingerprint density at radius 2 is 1.79 bits per heavy atom. The highest BCUT2D eigenvalue weighted by molar-refractivity contribution is 6.07. The molecule has 0 aliphatic heterocycles. The number of nitrogens with zero attached hydrogens (tertiary/aromatic N) is 1. The Bertz CT molecular complexity index is 875. The number of esters is 1. The summed E-state index contributed by atoms with van der Waals surface area (Å²) in [7, 11) is 4.45. The number of carbonyl (C=O) groups excluding carboxylic acids is 3. The molecule has 2 rings (SSSR count). The Hall–Kier alpha value is -3.49. The Morgan fingerprint density at radius 1 is 1.14 bits per heavy atom. The molecule has 9 heteroatoms. The summed E-state index contributed by atoms with van der Waals surface area (Å²) in [5.74, 6) is -1.09. The Balaban J connectivity index is 2.28. The summed E-state index contributed by atoms with van der Waals surface area (Å²) < 4.78 is 20.7. The van der Waals surface area contributed by atoms with Crippen molar-refractivity contribution in [3.63, 3.8) is 0 Å². The summed E-state index contributed by atoms with van der Waals surface area (Å²) in [6, 6.07) is 5.81. The minimum Gasteiger partial charge on any atom is -0.493 e. The Labute approximate surface area is 168 Å². The van der Waals surface area contributed by atoms with Crippen molar-refractivity contribution >= 4 is 23.5 Å². The molecular weight excluding hydrogens is 380 g/mol. The number of furan rings is 1. The van der Waals surface area contributed by atoms with E-state index in [0.29, 0.717) is 5.75 Å². The fraction of sp³-hybridized carbons (Fsp3) is 0.350. The summed E-state index contributed by atoms with van der Waals surface area (Å²) in [6.07, 6.45) is 1.36. The minimum absolute atomic E-state index is 0.00237. The molecule has 0 saturated heterocycles. The van der Waals surface area contributed by atoms with E-state index in [9.17, 15) is 14.4 Å². The van der Waals surface area contributed by atoms with E-state index < -0.39 is 18.5 Å². The van der Waals surface area contributed by atoms with Gasteiger partial charge in [0, 0.05) is 25.2 Å². The molecule has 0 fully saturated rings. The van der Waals surface area contributed by atoms with E-state index in [1.165, 1.54) is 43.6 Å². The predicted octanol–water partition coefficient (Wildman–Crippen LogP) is 2.57. The van der Waals surface area contributed by atoms with Crippen molar-refractivity contribution in [2.75, 3.05) is 33.2 Å². The van der Waals surface area contributed by atoms with Crippen molar-refractivity contribution in [3.8, 4) is 11.5 Å². The maximum absolute atomic E-state index is 12.6. The van der Waals surface area contributed by atoms with E-state index in [-0.39, 0.29) is 34.7 Å². The number of methoxy groups -OCH3 is 2. The summed E-state index contributed by atoms with van der Waals surface area (Å²) in [6.45, 7) is 3.25. The number of anilines is 1. The van der Waals surface area contributed by atoms with Gasteiger partial charge in [-0.3, -0.25) is 9.59 Å². The molecule has 1 heterocycles. The van der Waals surface area contributed by atoms with Gasteiger partial charge in [-0.25, -0.2) is 4.79 Å². The van der Waals surface area contributed by atoms with Crippen molar-refractivity contribution in [2.45, 2.75) is 19.9 Å². The monoisotopic (exact) mass is 404 g/mol. The third kappa shape index (κ3) is 5.28. The lowest BCUT2D eigenvalue weighted by Gasteiger charge is -2.21. The van der Waals surface area contributed by atoms with Crippen molar-refractivity contribution in [1.82, 2.24) is 4.90 Å². The number of likely N-dealkylation sites (N-methyl/N-ethyl adjacent to an activating group) is 1. The average molecular weight is 404 g/mol. The molecule has 1 N–H and O–H groups in total. The average Bonchev–Trinajstić information content (AvgIpc) is 3.25. The number of rotatable bonds is 8. The van der Waals surface area contributed by atoms with Gasteiger partial charge in [-0.05, 0) is 26.0 Å². The number of nitrogens with one attached hydrogen (secondary N) is 1. The molecule has 0 aliphatic rings. The maximum atomic E-state index is 12.6. The standard InChI is InChI=1S/C20H24N2O7/c1-12(2)22(3)18(23)11-29-20(25)13-9-16(26-4)17(27-5)10-14(13)21-19(24)15-7-6-8-28-15/h6-10,12H,11H2,1-5H3,(H,21,24). The topological polar surface area (TPSA) is 107 Å². The normalized spacial score (nSPS) is 10.4. The molecule has 1 aromatic heterocycles. The van der Waals surface area contributed by atoms with Gasteiger partial charge in [0.05, 0.1) is 31.7 Å². The zero-order valence-electron chi connectivity index (χ0n) is 17.0. The number of hydrogen-bond donors (Lipinski definition) is 1. The summed E-state index contributed by atoms with van der Waals surface area (Å²) in [4.78, 5) is 38.5. The zero-order chi connectivity index (χ0) is 21.6. The van der Waals surface area contributed by atoms with Crippen molar-refractivity contribution in [3.05, 3.63) is 41.9 Å². The van der Waals surface area contributed by atoms with Crippen LogP contribution >= 0.6 is 0 Å². The van der Waals surface area contributed by atoms with Gasteiger partial charge < -0.3 is 28.8 Å². The molecule has 0 radical (unpaired) electrons. The Kier molecular flexibility index (Phi) is 7.24. The molecule has 9 nitrogen and oxygen atoms in total. The first-order valence-electron chi connectivity index (χ1n) is 8.82. The van der Waals surface area contributed by atoms with E-state index >= 15 is 0 Å². The van der Waals surface area contributed by atoms with Crippen molar-refractivity contribution in [2.24, 2.45) is 0 Å². The van der Waals surface area contributed by atoms with Gasteiger partial charge in [-0.15, -0.1) is 0 Å². The number of benzene rings is 1. The van der Waals surface area contributed by atoms with Crippen LogP contribution < -0.4 is 14.8 Å². The molecule has 0 bridgehead atoms. The van der Waals surface area contributed by atoms with Crippen LogP contribution in [-0.2, 0) is 9.53 Å². The van der Waals surface area contributed by atoms with Crippen LogP contribution in [0.2, 0.25) is 0 Å². The molecule has 29 heavy (non-hydrogen) atoms. The SMILES string of the molecule is COc1cc(NC(=O)c2ccco2)c(C(=O)OCC(=O)N(C)C(C)C)cc1OC. The van der Waals surface area contributed by atoms with Gasteiger partial charge in [-0.2, -0.15) is 0 Å². The van der Waals surface area contributed by atoms with Crippen molar-refractivity contribution < 1.29 is 33.0 Å². The fourth-order valence-electron chi connectivity index (χ4n) is 2.34. The molecule has 1 aromatic carbocycles. The Morgan fingerprint density at radius 3 is 2.34 bits per heavy atom. The highest BCUT2D eigenvalue weighted by Gasteiger charge is 2.22. The van der Waals surface area contributed by atoms with Crippen molar-refractivity contribution in [1.29, 1.82) is 0 Å². The minimum atomic E-state index is -0.800. The lowest BCUT2D eigenvalue weighted by atomic mass is 10.1. The lowest BCUT2D eigenvalue weighted by Crippen LogP contribution is -2.36. The van der Waals surface area contributed by atoms with Crippen LogP contribution in [0.4, 0.5) is 5.69 Å². The highest BCUT2D eigenvalue weighted by atomic mass is 16.5. The van der Waals surface area contributed by atoms with Crippen LogP contribution in [0.1, 0.15) is 34.8 Å². The third-order valence-corrected chi connectivity index (χ3v) is 4.23. The van der Waals surface area contributed by atoms with Crippen LogP contribution in [0.25, 0.3) is 0 Å². The lowest BCUT2D eigenvalue weighted by molar-refractivity contribution is -0.134. The second kappa shape index (κ2) is 9.63. The van der Waals surface area contributed by atoms with Crippen LogP contribution in [0.3, 0.4) is 0 Å². The van der Waals surface area contributed by atoms with Crippen LogP contribution in [0, 0.1) is 0 Å². The molecular formula is C20H24N2O7. The van der Waals surface area contributed by atoms with E-state index in [1.54, 1.807) is 13.1 Å². The first-order valence-corrected chi connectivity index (χ1v) is 8.82. The van der Waals surface area contributed by atoms with E-state index in [2.05, 4.69) is 5.32 Å². The zero-order valence-corrected chi connectivity index (χ0v) is 17.0. The van der Waals surface area contributed by atoms with Gasteiger partial charge in [0.2, 0.25) is 0 Å². The van der Waals surface area contributed by atoms with Gasteiger partial charge in [-0.1, -0.05) is 0 Å². The number of hydrogen-bond acceptors (Lipinski definition) is 7. The van der Waals surface area contributed by atoms with E-state index in [1.807, 2.05) is 13.8 Å². The van der Waals surface area contributed by atoms with Crippen LogP contribution in [-0.4, -0.2) is 56.6 Å². The number of ether oxygens (including phenoxy) is 3. The molecule has 0 aliphatic carbocycles. The predicted molar refractivity (Wildman–Crippen MR) is 104 cm³/mol. The molecule has 0 spiro atoms. The molecule has 156 valence electrons. The largest absolute Gasteiger partial charge is 0.493 e.